The Kier molecular flexibility index (Phi) is 8.88. The fourth-order valence-corrected chi connectivity index (χ4v) is 3.56. The molecule has 1 aromatic carbocycles. The predicted molar refractivity (Wildman–Crippen MR) is 80.2 cm³/mol. The topological polar surface area (TPSA) is 74.3 Å². The number of alkyl halides is 3. The van der Waals surface area contributed by atoms with E-state index in [2.05, 4.69) is 22.0 Å². The van der Waals surface area contributed by atoms with Crippen molar-refractivity contribution < 1.29 is 52.1 Å². The summed E-state index contributed by atoms with van der Waals surface area (Å²) in [7, 11) is -6.09. The molecule has 25 heavy (non-hydrogen) atoms. The van der Waals surface area contributed by atoms with Gasteiger partial charge in [0.25, 0.3) is 0 Å². The minimum absolute atomic E-state index is 0.181. The fourth-order valence-electron chi connectivity index (χ4n) is 2.07. The van der Waals surface area contributed by atoms with E-state index >= 15 is 0 Å². The Bertz CT molecular complexity index is 715. The molecular formula is C16H16F3IO4S. The Hall–Kier alpha value is -1.12. The van der Waals surface area contributed by atoms with Gasteiger partial charge in [-0.25, -0.2) is 8.42 Å². The molecule has 0 atom stereocenters. The maximum atomic E-state index is 11.8. The molecule has 1 aliphatic rings. The van der Waals surface area contributed by atoms with Crippen LogP contribution in [0.2, 0.25) is 0 Å². The van der Waals surface area contributed by atoms with Gasteiger partial charge in [0.1, 0.15) is 0 Å². The van der Waals surface area contributed by atoms with Crippen LogP contribution in [-0.4, -0.2) is 24.3 Å². The van der Waals surface area contributed by atoms with E-state index in [0.717, 1.165) is 12.8 Å². The molecule has 1 fully saturated rings. The third-order valence-corrected chi connectivity index (χ3v) is 5.77. The molecule has 0 amide bonds. The monoisotopic (exact) mass is 488 g/mol. The van der Waals surface area contributed by atoms with E-state index in [1.54, 1.807) is 0 Å². The Morgan fingerprint density at radius 1 is 1.12 bits per heavy atom. The van der Waals surface area contributed by atoms with Gasteiger partial charge < -0.3 is 4.55 Å². The average molecular weight is 488 g/mol. The third-order valence-electron chi connectivity index (χ3n) is 3.32. The fraction of sp³-hybridized carbons (Fsp3) is 0.438. The molecule has 0 radical (unpaired) electrons. The molecule has 4 nitrogen and oxygen atoms in total. The van der Waals surface area contributed by atoms with Crippen LogP contribution in [0.4, 0.5) is 13.2 Å². The Balaban J connectivity index is 0.000000333. The molecule has 2 rings (SSSR count). The third kappa shape index (κ3) is 8.69. The average Bonchev–Trinajstić information content (AvgIpc) is 2.55. The van der Waals surface area contributed by atoms with Gasteiger partial charge in [0, 0.05) is 11.8 Å². The molecule has 0 saturated heterocycles. The molecule has 1 aromatic rings. The van der Waals surface area contributed by atoms with E-state index in [-0.39, 0.29) is 32.9 Å². The lowest BCUT2D eigenvalue weighted by Gasteiger charge is -2.17. The summed E-state index contributed by atoms with van der Waals surface area (Å²) in [6.07, 6.45) is 5.79. The number of ketones is 1. The first-order chi connectivity index (χ1) is 11.6. The maximum absolute atomic E-state index is 11.8. The van der Waals surface area contributed by atoms with Crippen LogP contribution in [-0.2, 0) is 14.9 Å². The molecule has 0 aromatic heterocycles. The molecule has 0 spiro atoms. The van der Waals surface area contributed by atoms with Gasteiger partial charge in [0.05, 0.1) is 0 Å². The first-order valence-corrected chi connectivity index (χ1v) is 10.9. The highest BCUT2D eigenvalue weighted by molar-refractivity contribution is 7.86. The van der Waals surface area contributed by atoms with Crippen LogP contribution in [0.25, 0.3) is 0 Å². The second kappa shape index (κ2) is 10.1. The summed E-state index contributed by atoms with van der Waals surface area (Å²) >= 11 is -0.311. The normalized spacial score (nSPS) is 15.4. The van der Waals surface area contributed by atoms with Crippen molar-refractivity contribution in [3.8, 4) is 9.85 Å². The molecule has 0 heterocycles. The van der Waals surface area contributed by atoms with Crippen LogP contribution in [0.1, 0.15) is 32.1 Å². The Morgan fingerprint density at radius 2 is 1.64 bits per heavy atom. The van der Waals surface area contributed by atoms with Crippen molar-refractivity contribution in [1.29, 1.82) is 0 Å². The first-order valence-electron chi connectivity index (χ1n) is 7.37. The van der Waals surface area contributed by atoms with Crippen molar-refractivity contribution in [2.75, 3.05) is 0 Å². The van der Waals surface area contributed by atoms with E-state index in [1.165, 1.54) is 22.8 Å². The van der Waals surface area contributed by atoms with Gasteiger partial charge in [-0.3, -0.25) is 4.79 Å². The molecular weight excluding hydrogens is 472 g/mol. The first kappa shape index (κ1) is 21.9. The summed E-state index contributed by atoms with van der Waals surface area (Å²) in [6.45, 7) is 0. The summed E-state index contributed by atoms with van der Waals surface area (Å²) in [4.78, 5) is 11.8. The molecule has 0 bridgehead atoms. The predicted octanol–water partition coefficient (Wildman–Crippen LogP) is 0.107. The van der Waals surface area contributed by atoms with Gasteiger partial charge in [-0.05, 0) is 25.0 Å². The highest BCUT2D eigenvalue weighted by atomic mass is 127. The van der Waals surface area contributed by atoms with Crippen molar-refractivity contribution in [1.82, 2.24) is 0 Å². The van der Waals surface area contributed by atoms with Crippen molar-refractivity contribution in [3.63, 3.8) is 0 Å². The zero-order valence-corrected chi connectivity index (χ0v) is 16.0. The van der Waals surface area contributed by atoms with E-state index in [0.29, 0.717) is 0 Å². The van der Waals surface area contributed by atoms with Gasteiger partial charge in [0.15, 0.2) is 14.0 Å². The van der Waals surface area contributed by atoms with Crippen molar-refractivity contribution in [3.05, 3.63) is 33.9 Å². The van der Waals surface area contributed by atoms with Gasteiger partial charge in [0.2, 0.25) is 9.35 Å². The van der Waals surface area contributed by atoms with Gasteiger partial charge in [-0.15, -0.1) is 0 Å². The van der Waals surface area contributed by atoms with Crippen LogP contribution in [0.15, 0.2) is 30.3 Å². The smallest absolute Gasteiger partial charge is 0.485 e. The van der Waals surface area contributed by atoms with Crippen LogP contribution in [0.5, 0.6) is 0 Å². The van der Waals surface area contributed by atoms with Crippen molar-refractivity contribution >= 4 is 15.9 Å². The summed E-state index contributed by atoms with van der Waals surface area (Å²) in [6, 6.07) is 10.2. The lowest BCUT2D eigenvalue weighted by molar-refractivity contribution is -0.535. The van der Waals surface area contributed by atoms with Gasteiger partial charge in [-0.2, -0.15) is 13.2 Å². The SMILES string of the molecule is O=C(C#C[I+]c1ccccc1)C1CCCCC1.O=S(=O)([O-])C(F)(F)F. The highest BCUT2D eigenvalue weighted by Crippen LogP contribution is 2.23. The number of hydrogen-bond acceptors (Lipinski definition) is 4. The van der Waals surface area contributed by atoms with E-state index in [9.17, 15) is 18.0 Å². The minimum atomic E-state index is -6.09. The summed E-state index contributed by atoms with van der Waals surface area (Å²) in [5.74, 6) is 3.27. The largest absolute Gasteiger partial charge is 0.741 e. The maximum Gasteiger partial charge on any atom is 0.485 e. The Morgan fingerprint density at radius 3 is 2.12 bits per heavy atom. The number of halogens is 4. The second-order valence-electron chi connectivity index (χ2n) is 5.21. The van der Waals surface area contributed by atoms with Crippen molar-refractivity contribution in [2.45, 2.75) is 37.6 Å². The molecule has 138 valence electrons. The van der Waals surface area contributed by atoms with Crippen molar-refractivity contribution in [2.24, 2.45) is 5.92 Å². The van der Waals surface area contributed by atoms with E-state index in [4.69, 9.17) is 13.0 Å². The van der Waals surface area contributed by atoms with Gasteiger partial charge in [-0.1, -0.05) is 37.5 Å². The highest BCUT2D eigenvalue weighted by Gasteiger charge is 2.36. The number of rotatable bonds is 2. The van der Waals surface area contributed by atoms with Gasteiger partial charge >= 0.3 is 26.7 Å². The molecule has 1 saturated carbocycles. The van der Waals surface area contributed by atoms with E-state index in [1.807, 2.05) is 18.2 Å². The Labute approximate surface area is 155 Å². The molecule has 1 aliphatic carbocycles. The number of benzene rings is 1. The lowest BCUT2D eigenvalue weighted by Crippen LogP contribution is -3.59. The van der Waals surface area contributed by atoms with Crippen LogP contribution < -0.4 is 21.2 Å². The zero-order chi connectivity index (χ0) is 18.9. The summed E-state index contributed by atoms with van der Waals surface area (Å²) in [5.41, 5.74) is -5.65. The lowest BCUT2D eigenvalue weighted by atomic mass is 9.86. The number of Topliss-reactive ketones (excluding diaryl/α,β-unsaturated/α-hetero) is 1. The number of carbonyl (C=O) groups excluding carboxylic acids is 1. The standard InChI is InChI=1S/C15H16IO.CHF3O3S/c17-15(13-7-3-1-4-8-13)11-12-16-14-9-5-2-6-10-14;2-1(3,4)8(5,6)7/h2,5-6,9-10,13H,1,3-4,7-8H2;(H,5,6,7)/q+1;/p-1. The van der Waals surface area contributed by atoms with Crippen LogP contribution in [0, 0.1) is 19.3 Å². The summed E-state index contributed by atoms with van der Waals surface area (Å²) in [5, 5.41) is 0. The number of carbonyl (C=O) groups is 1. The summed E-state index contributed by atoms with van der Waals surface area (Å²) < 4.78 is 63.3. The van der Waals surface area contributed by atoms with E-state index < -0.39 is 15.6 Å². The molecule has 0 unspecified atom stereocenters. The van der Waals surface area contributed by atoms with Crippen LogP contribution in [0.3, 0.4) is 0 Å². The minimum Gasteiger partial charge on any atom is -0.741 e. The number of hydrogen-bond donors (Lipinski definition) is 0. The second-order valence-corrected chi connectivity index (χ2v) is 8.90. The molecule has 9 heteroatoms. The molecule has 0 aliphatic heterocycles. The molecule has 0 N–H and O–H groups in total. The van der Waals surface area contributed by atoms with Crippen LogP contribution >= 0.6 is 0 Å². The zero-order valence-electron chi connectivity index (χ0n) is 13.1. The quantitative estimate of drug-likeness (QED) is 0.257.